The monoisotopic (exact) mass is 504 g/mol. The molecule has 2 aromatic carbocycles. The highest BCUT2D eigenvalue weighted by Gasteiger charge is 2.48. The van der Waals surface area contributed by atoms with E-state index in [1.54, 1.807) is 0 Å². The van der Waals surface area contributed by atoms with Crippen LogP contribution in [0.2, 0.25) is 0 Å². The summed E-state index contributed by atoms with van der Waals surface area (Å²) in [5.41, 5.74) is 2.76. The molecule has 1 N–H and O–H groups in total. The van der Waals surface area contributed by atoms with E-state index in [9.17, 15) is 9.90 Å². The number of ether oxygens (including phenoxy) is 1. The predicted octanol–water partition coefficient (Wildman–Crippen LogP) is 4.65. The van der Waals surface area contributed by atoms with E-state index in [0.717, 1.165) is 34.9 Å². The average molecular weight is 504 g/mol. The molecule has 1 aliphatic rings. The van der Waals surface area contributed by atoms with Gasteiger partial charge in [0.2, 0.25) is 5.89 Å². The Balaban J connectivity index is 1.36. The van der Waals surface area contributed by atoms with Crippen molar-refractivity contribution in [1.29, 1.82) is 0 Å². The fraction of sp³-hybridized carbons (Fsp3) is 0.273. The number of carbonyl (C=O) groups is 1. The Morgan fingerprint density at radius 2 is 1.97 bits per heavy atom. The molecule has 6 nitrogen and oxygen atoms in total. The van der Waals surface area contributed by atoms with Crippen LogP contribution in [0, 0.1) is 6.92 Å². The quantitative estimate of drug-likeness (QED) is 0.287. The maximum absolute atomic E-state index is 11.4. The van der Waals surface area contributed by atoms with E-state index < -0.39 is 9.51 Å². The smallest absolute Gasteiger partial charge is 0.334 e. The van der Waals surface area contributed by atoms with Crippen LogP contribution in [0.1, 0.15) is 23.4 Å². The number of nitrogens with zero attached hydrogens (tertiary/aromatic N) is 2. The summed E-state index contributed by atoms with van der Waals surface area (Å²) in [6.07, 6.45) is 0.673. The molecule has 1 aliphatic heterocycles. The first-order valence-electron chi connectivity index (χ1n) is 9.36. The molecule has 150 valence electrons. The normalized spacial score (nSPS) is 19.0. The van der Waals surface area contributed by atoms with Crippen LogP contribution in [-0.4, -0.2) is 31.1 Å². The van der Waals surface area contributed by atoms with E-state index >= 15 is 0 Å². The van der Waals surface area contributed by atoms with Crippen molar-refractivity contribution in [3.63, 3.8) is 0 Å². The highest BCUT2D eigenvalue weighted by molar-refractivity contribution is 14.1. The second kappa shape index (κ2) is 8.16. The van der Waals surface area contributed by atoms with Gasteiger partial charge < -0.3 is 14.3 Å². The molecule has 3 aromatic rings. The minimum absolute atomic E-state index is 0.323. The summed E-state index contributed by atoms with van der Waals surface area (Å²) in [6.45, 7) is 3.61. The molecule has 1 unspecified atom stereocenters. The Hall–Kier alpha value is -2.39. The van der Waals surface area contributed by atoms with E-state index in [0.29, 0.717) is 25.5 Å². The molecule has 0 radical (unpaired) electrons. The molecule has 1 fully saturated rings. The maximum atomic E-state index is 11.4. The Kier molecular flexibility index (Phi) is 5.60. The number of benzene rings is 2. The Bertz CT molecular complexity index is 1000. The van der Waals surface area contributed by atoms with Gasteiger partial charge in [-0.25, -0.2) is 9.78 Å². The summed E-state index contributed by atoms with van der Waals surface area (Å²) in [4.78, 5) is 17.9. The van der Waals surface area contributed by atoms with Gasteiger partial charge in [0.05, 0.1) is 0 Å². The first-order chi connectivity index (χ1) is 14.0. The largest absolute Gasteiger partial charge is 0.487 e. The van der Waals surface area contributed by atoms with Crippen molar-refractivity contribution in [3.8, 4) is 17.2 Å². The van der Waals surface area contributed by atoms with Gasteiger partial charge in [-0.2, -0.15) is 0 Å². The number of carboxylic acid groups (broad SMARTS) is 1. The van der Waals surface area contributed by atoms with Crippen molar-refractivity contribution in [3.05, 3.63) is 71.6 Å². The maximum Gasteiger partial charge on any atom is 0.334 e. The minimum Gasteiger partial charge on any atom is -0.487 e. The lowest BCUT2D eigenvalue weighted by atomic mass is 10.0. The molecule has 29 heavy (non-hydrogen) atoms. The summed E-state index contributed by atoms with van der Waals surface area (Å²) in [5, 5.41) is 9.38. The number of halogens is 1. The summed E-state index contributed by atoms with van der Waals surface area (Å²) < 4.78 is 10.9. The molecular formula is C22H21IN2O4. The van der Waals surface area contributed by atoms with Crippen molar-refractivity contribution in [2.24, 2.45) is 0 Å². The van der Waals surface area contributed by atoms with E-state index in [4.69, 9.17) is 9.15 Å². The number of likely N-dealkylation sites (tertiary alicyclic amines) is 1. The van der Waals surface area contributed by atoms with Crippen molar-refractivity contribution < 1.29 is 19.1 Å². The lowest BCUT2D eigenvalue weighted by Crippen LogP contribution is -2.59. The highest BCUT2D eigenvalue weighted by Crippen LogP contribution is 2.38. The van der Waals surface area contributed by atoms with Gasteiger partial charge >= 0.3 is 5.97 Å². The van der Waals surface area contributed by atoms with Gasteiger partial charge in [0, 0.05) is 18.7 Å². The topological polar surface area (TPSA) is 75.8 Å². The average Bonchev–Trinajstić information content (AvgIpc) is 3.11. The van der Waals surface area contributed by atoms with E-state index in [1.807, 2.05) is 89.0 Å². The number of rotatable bonds is 7. The number of oxazole rings is 1. The molecule has 0 amide bonds. The van der Waals surface area contributed by atoms with Crippen molar-refractivity contribution in [2.45, 2.75) is 30.0 Å². The predicted molar refractivity (Wildman–Crippen MR) is 117 cm³/mol. The number of aryl methyl sites for hydroxylation is 1. The van der Waals surface area contributed by atoms with Crippen LogP contribution in [-0.2, 0) is 17.9 Å². The molecule has 0 saturated carbocycles. The van der Waals surface area contributed by atoms with Crippen LogP contribution in [0.25, 0.3) is 11.5 Å². The molecule has 0 aliphatic carbocycles. The zero-order valence-corrected chi connectivity index (χ0v) is 18.1. The van der Waals surface area contributed by atoms with Crippen LogP contribution in [0.3, 0.4) is 0 Å². The van der Waals surface area contributed by atoms with Crippen LogP contribution in [0.4, 0.5) is 0 Å². The van der Waals surface area contributed by atoms with E-state index in [-0.39, 0.29) is 0 Å². The first-order valence-corrected chi connectivity index (χ1v) is 10.4. The Morgan fingerprint density at radius 1 is 1.24 bits per heavy atom. The zero-order valence-electron chi connectivity index (χ0n) is 16.0. The van der Waals surface area contributed by atoms with Gasteiger partial charge in [-0.3, -0.25) is 4.90 Å². The second-order valence-corrected chi connectivity index (χ2v) is 8.84. The van der Waals surface area contributed by atoms with Gasteiger partial charge in [-0.15, -0.1) is 0 Å². The van der Waals surface area contributed by atoms with Crippen molar-refractivity contribution in [1.82, 2.24) is 9.88 Å². The third-order valence-corrected chi connectivity index (χ3v) is 6.81. The van der Waals surface area contributed by atoms with Gasteiger partial charge in [-0.05, 0) is 65.8 Å². The number of carboxylic acids is 1. The number of aromatic nitrogens is 1. The zero-order chi connectivity index (χ0) is 20.4. The van der Waals surface area contributed by atoms with Crippen LogP contribution < -0.4 is 4.74 Å². The molecular weight excluding hydrogens is 483 g/mol. The van der Waals surface area contributed by atoms with E-state index in [1.165, 1.54) is 0 Å². The van der Waals surface area contributed by atoms with E-state index in [2.05, 4.69) is 4.98 Å². The third-order valence-electron chi connectivity index (χ3n) is 5.13. The Morgan fingerprint density at radius 3 is 2.59 bits per heavy atom. The van der Waals surface area contributed by atoms with Crippen LogP contribution in [0.5, 0.6) is 5.75 Å². The number of aliphatic carboxylic acids is 1. The first kappa shape index (κ1) is 19.9. The highest BCUT2D eigenvalue weighted by atomic mass is 127. The number of alkyl halides is 1. The fourth-order valence-corrected chi connectivity index (χ4v) is 3.90. The molecule has 0 bridgehead atoms. The molecule has 7 heteroatoms. The molecule has 1 atom stereocenters. The van der Waals surface area contributed by atoms with Gasteiger partial charge in [-0.1, -0.05) is 30.3 Å². The molecule has 4 rings (SSSR count). The fourth-order valence-electron chi connectivity index (χ4n) is 3.24. The summed E-state index contributed by atoms with van der Waals surface area (Å²) >= 11 is 2.03. The molecule has 0 spiro atoms. The number of hydrogen-bond donors (Lipinski definition) is 1. The molecule has 2 heterocycles. The van der Waals surface area contributed by atoms with Gasteiger partial charge in [0.15, 0.2) is 3.55 Å². The van der Waals surface area contributed by atoms with Gasteiger partial charge in [0.25, 0.3) is 0 Å². The lowest BCUT2D eigenvalue weighted by Gasteiger charge is -2.45. The summed E-state index contributed by atoms with van der Waals surface area (Å²) in [7, 11) is 0. The SMILES string of the molecule is Cc1oc(-c2ccccc2)nc1COc1ccc(CN2CCC2(I)C(=O)O)cc1. The van der Waals surface area contributed by atoms with Crippen LogP contribution >= 0.6 is 22.6 Å². The standard InChI is InChI=1S/C22H21IN2O4/c1-15-19(24-20(29-15)17-5-3-2-4-6-17)14-28-18-9-7-16(8-10-18)13-25-12-11-22(25,23)21(26)27/h2-10H,11-14H2,1H3,(H,26,27). The third kappa shape index (κ3) is 4.16. The lowest BCUT2D eigenvalue weighted by molar-refractivity contribution is -0.150. The van der Waals surface area contributed by atoms with Crippen LogP contribution in [0.15, 0.2) is 59.0 Å². The summed E-state index contributed by atoms with van der Waals surface area (Å²) in [6, 6.07) is 17.5. The van der Waals surface area contributed by atoms with Crippen molar-refractivity contribution >= 4 is 28.6 Å². The molecule has 1 aromatic heterocycles. The molecule has 1 saturated heterocycles. The number of hydrogen-bond acceptors (Lipinski definition) is 5. The minimum atomic E-state index is -0.784. The Labute approximate surface area is 182 Å². The van der Waals surface area contributed by atoms with Crippen molar-refractivity contribution in [2.75, 3.05) is 6.54 Å². The second-order valence-electron chi connectivity index (χ2n) is 7.06. The summed E-state index contributed by atoms with van der Waals surface area (Å²) in [5.74, 6) is 1.29. The van der Waals surface area contributed by atoms with Gasteiger partial charge in [0.1, 0.15) is 23.8 Å².